The monoisotopic (exact) mass is 443 g/mol. The summed E-state index contributed by atoms with van der Waals surface area (Å²) in [6, 6.07) is 17.5. The van der Waals surface area contributed by atoms with Gasteiger partial charge in [0, 0.05) is 12.0 Å². The van der Waals surface area contributed by atoms with Gasteiger partial charge in [-0.2, -0.15) is 0 Å². The van der Waals surface area contributed by atoms with Crippen molar-refractivity contribution in [2.45, 2.75) is 24.6 Å². The number of esters is 1. The molecule has 2 aromatic carbocycles. The largest absolute Gasteiger partial charge is 0.493 e. The van der Waals surface area contributed by atoms with Crippen LogP contribution >= 0.6 is 15.9 Å². The smallest absolute Gasteiger partial charge is 0.319 e. The highest BCUT2D eigenvalue weighted by atomic mass is 79.9. The van der Waals surface area contributed by atoms with Crippen molar-refractivity contribution in [1.82, 2.24) is 4.98 Å². The molecule has 146 valence electrons. The van der Waals surface area contributed by atoms with E-state index in [1.54, 1.807) is 0 Å². The molecule has 0 bridgehead atoms. The zero-order chi connectivity index (χ0) is 19.9. The van der Waals surface area contributed by atoms with Crippen molar-refractivity contribution in [3.63, 3.8) is 0 Å². The lowest BCUT2D eigenvalue weighted by molar-refractivity contribution is -0.139. The Labute approximate surface area is 172 Å². The topological polar surface area (TPSA) is 61.6 Å². The number of benzene rings is 2. The van der Waals surface area contributed by atoms with E-state index in [0.29, 0.717) is 25.3 Å². The number of hydrogen-bond acceptors (Lipinski definition) is 5. The minimum absolute atomic E-state index is 0.279. The van der Waals surface area contributed by atoms with Crippen LogP contribution in [0.3, 0.4) is 0 Å². The highest BCUT2D eigenvalue weighted by Crippen LogP contribution is 2.22. The summed E-state index contributed by atoms with van der Waals surface area (Å²) in [6.45, 7) is 2.42. The van der Waals surface area contributed by atoms with Gasteiger partial charge >= 0.3 is 5.97 Å². The molecule has 0 aliphatic rings. The van der Waals surface area contributed by atoms with Gasteiger partial charge < -0.3 is 13.9 Å². The lowest BCUT2D eigenvalue weighted by Gasteiger charge is -2.09. The van der Waals surface area contributed by atoms with Crippen LogP contribution in [0.4, 0.5) is 0 Å². The lowest BCUT2D eigenvalue weighted by atomic mass is 10.1. The van der Waals surface area contributed by atoms with Gasteiger partial charge in [0.15, 0.2) is 0 Å². The maximum Gasteiger partial charge on any atom is 0.319 e. The summed E-state index contributed by atoms with van der Waals surface area (Å²) in [5.74, 6) is 1.94. The molecule has 1 heterocycles. The number of oxazole rings is 1. The van der Waals surface area contributed by atoms with Crippen LogP contribution in [0.5, 0.6) is 5.75 Å². The summed E-state index contributed by atoms with van der Waals surface area (Å²) in [7, 11) is 1.38. The van der Waals surface area contributed by atoms with Gasteiger partial charge in [-0.05, 0) is 43.2 Å². The molecule has 3 aromatic rings. The number of halogens is 1. The molecule has 28 heavy (non-hydrogen) atoms. The van der Waals surface area contributed by atoms with Gasteiger partial charge in [-0.15, -0.1) is 0 Å². The molecule has 5 nitrogen and oxygen atoms in total. The number of hydrogen-bond donors (Lipinski definition) is 0. The fraction of sp³-hybridized carbons (Fsp3) is 0.273. The Morgan fingerprint density at radius 1 is 1.14 bits per heavy atom. The molecule has 1 unspecified atom stereocenters. The van der Waals surface area contributed by atoms with E-state index in [0.717, 1.165) is 28.3 Å². The molecule has 0 amide bonds. The van der Waals surface area contributed by atoms with Gasteiger partial charge in [0.05, 0.1) is 19.4 Å². The first-order chi connectivity index (χ1) is 13.6. The van der Waals surface area contributed by atoms with Crippen LogP contribution in [-0.2, 0) is 22.4 Å². The first-order valence-electron chi connectivity index (χ1n) is 9.02. The standard InChI is InChI=1S/C22H22BrNO4/c1-15-20(24-21(28-15)17-6-4-3-5-7-17)12-13-27-18-10-8-16(9-11-18)14-19(23)22(25)26-2/h3-11,19H,12-14H2,1-2H3. The van der Waals surface area contributed by atoms with Crippen molar-refractivity contribution in [1.29, 1.82) is 0 Å². The normalized spacial score (nSPS) is 11.8. The van der Waals surface area contributed by atoms with Gasteiger partial charge in [0.2, 0.25) is 5.89 Å². The third-order valence-electron chi connectivity index (χ3n) is 4.32. The molecule has 0 saturated heterocycles. The predicted octanol–water partition coefficient (Wildman–Crippen LogP) is 4.75. The minimum Gasteiger partial charge on any atom is -0.493 e. The number of rotatable bonds is 8. The van der Waals surface area contributed by atoms with Crippen LogP contribution in [0, 0.1) is 6.92 Å². The Bertz CT molecular complexity index is 906. The molecule has 1 atom stereocenters. The molecular formula is C22H22BrNO4. The Balaban J connectivity index is 1.53. The first-order valence-corrected chi connectivity index (χ1v) is 9.93. The average Bonchev–Trinajstić information content (AvgIpc) is 3.10. The summed E-state index contributed by atoms with van der Waals surface area (Å²) in [5, 5.41) is 0. The SMILES string of the molecule is COC(=O)C(Br)Cc1ccc(OCCc2nc(-c3ccccc3)oc2C)cc1. The molecule has 0 spiro atoms. The Morgan fingerprint density at radius 2 is 1.86 bits per heavy atom. The van der Waals surface area contributed by atoms with Crippen LogP contribution in [0.25, 0.3) is 11.5 Å². The quantitative estimate of drug-likeness (QED) is 0.371. The van der Waals surface area contributed by atoms with Gasteiger partial charge in [0.1, 0.15) is 16.3 Å². The van der Waals surface area contributed by atoms with E-state index in [4.69, 9.17) is 13.9 Å². The molecule has 0 aliphatic carbocycles. The number of carbonyl (C=O) groups excluding carboxylic acids is 1. The second-order valence-electron chi connectivity index (χ2n) is 6.33. The number of carbonyl (C=O) groups is 1. The van der Waals surface area contributed by atoms with E-state index in [1.165, 1.54) is 7.11 Å². The fourth-order valence-corrected chi connectivity index (χ4v) is 3.33. The number of aryl methyl sites for hydroxylation is 1. The Morgan fingerprint density at radius 3 is 2.54 bits per heavy atom. The van der Waals surface area contributed by atoms with E-state index in [1.807, 2.05) is 61.5 Å². The van der Waals surface area contributed by atoms with E-state index in [-0.39, 0.29) is 10.8 Å². The van der Waals surface area contributed by atoms with Gasteiger partial charge in [-0.1, -0.05) is 46.3 Å². The molecule has 0 N–H and O–H groups in total. The molecule has 6 heteroatoms. The molecule has 0 radical (unpaired) electrons. The predicted molar refractivity (Wildman–Crippen MR) is 111 cm³/mol. The number of aromatic nitrogens is 1. The van der Waals surface area contributed by atoms with Gasteiger partial charge in [-0.25, -0.2) is 4.98 Å². The van der Waals surface area contributed by atoms with Crippen LogP contribution in [0.2, 0.25) is 0 Å². The zero-order valence-corrected chi connectivity index (χ0v) is 17.4. The third-order valence-corrected chi connectivity index (χ3v) is 5.01. The lowest BCUT2D eigenvalue weighted by Crippen LogP contribution is -2.17. The summed E-state index contributed by atoms with van der Waals surface area (Å²) in [5.41, 5.74) is 2.89. The van der Waals surface area contributed by atoms with Crippen LogP contribution < -0.4 is 4.74 Å². The molecular weight excluding hydrogens is 422 g/mol. The van der Waals surface area contributed by atoms with Gasteiger partial charge in [0.25, 0.3) is 0 Å². The zero-order valence-electron chi connectivity index (χ0n) is 15.9. The van der Waals surface area contributed by atoms with E-state index < -0.39 is 0 Å². The van der Waals surface area contributed by atoms with Crippen molar-refractivity contribution in [2.24, 2.45) is 0 Å². The maximum absolute atomic E-state index is 11.5. The third kappa shape index (κ3) is 5.23. The van der Waals surface area contributed by atoms with Crippen molar-refractivity contribution >= 4 is 21.9 Å². The van der Waals surface area contributed by atoms with Crippen molar-refractivity contribution in [3.8, 4) is 17.2 Å². The van der Waals surface area contributed by atoms with Crippen molar-refractivity contribution < 1.29 is 18.7 Å². The molecule has 0 fully saturated rings. The molecule has 3 rings (SSSR count). The van der Waals surface area contributed by atoms with E-state index in [2.05, 4.69) is 20.9 Å². The van der Waals surface area contributed by atoms with E-state index in [9.17, 15) is 4.79 Å². The average molecular weight is 444 g/mol. The Kier molecular flexibility index (Phi) is 6.87. The summed E-state index contributed by atoms with van der Waals surface area (Å²) >= 11 is 3.33. The molecule has 0 saturated carbocycles. The highest BCUT2D eigenvalue weighted by molar-refractivity contribution is 9.10. The second-order valence-corrected chi connectivity index (χ2v) is 7.43. The highest BCUT2D eigenvalue weighted by Gasteiger charge is 2.15. The van der Waals surface area contributed by atoms with Crippen LogP contribution in [0.15, 0.2) is 59.0 Å². The van der Waals surface area contributed by atoms with E-state index >= 15 is 0 Å². The Hall–Kier alpha value is -2.60. The van der Waals surface area contributed by atoms with Gasteiger partial charge in [-0.3, -0.25) is 4.79 Å². The maximum atomic E-state index is 11.5. The van der Waals surface area contributed by atoms with Crippen molar-refractivity contribution in [2.75, 3.05) is 13.7 Å². The summed E-state index contributed by atoms with van der Waals surface area (Å²) < 4.78 is 16.3. The molecule has 0 aliphatic heterocycles. The minimum atomic E-state index is -0.349. The number of methoxy groups -OCH3 is 1. The van der Waals surface area contributed by atoms with Crippen LogP contribution in [0.1, 0.15) is 17.0 Å². The second kappa shape index (κ2) is 9.55. The summed E-state index contributed by atoms with van der Waals surface area (Å²) in [4.78, 5) is 15.7. The first kappa shape index (κ1) is 20.1. The number of alkyl halides is 1. The van der Waals surface area contributed by atoms with Crippen LogP contribution in [-0.4, -0.2) is 29.5 Å². The van der Waals surface area contributed by atoms with Crippen molar-refractivity contribution in [3.05, 3.63) is 71.6 Å². The molecule has 1 aromatic heterocycles. The number of ether oxygens (including phenoxy) is 2. The fourth-order valence-electron chi connectivity index (χ4n) is 2.77. The summed E-state index contributed by atoms with van der Waals surface area (Å²) in [6.07, 6.45) is 1.23. The number of nitrogens with zero attached hydrogens (tertiary/aromatic N) is 1.